The van der Waals surface area contributed by atoms with E-state index in [1.807, 2.05) is 12.1 Å². The Morgan fingerprint density at radius 1 is 1.17 bits per heavy atom. The van der Waals surface area contributed by atoms with Gasteiger partial charge in [0.05, 0.1) is 18.2 Å². The second-order valence-electron chi connectivity index (χ2n) is 7.30. The average Bonchev–Trinajstić information content (AvgIpc) is 3.14. The summed E-state index contributed by atoms with van der Waals surface area (Å²) in [5.74, 6) is 0. The molecule has 2 saturated heterocycles. The van der Waals surface area contributed by atoms with Crippen LogP contribution in [0.3, 0.4) is 0 Å². The average molecular weight is 403 g/mol. The van der Waals surface area contributed by atoms with E-state index in [2.05, 4.69) is 22.5 Å². The summed E-state index contributed by atoms with van der Waals surface area (Å²) in [5.41, 5.74) is 1.51. The van der Waals surface area contributed by atoms with E-state index in [-0.39, 0.29) is 17.3 Å². The molecule has 2 amide bonds. The van der Waals surface area contributed by atoms with Gasteiger partial charge in [0.25, 0.3) is 0 Å². The number of hydrogen-bond acceptors (Lipinski definition) is 3. The minimum absolute atomic E-state index is 0.0632. The number of ether oxygens (including phenoxy) is 1. The Labute approximate surface area is 165 Å². The Morgan fingerprint density at radius 2 is 1.90 bits per heavy atom. The Balaban J connectivity index is 1.37. The molecule has 4 rings (SSSR count). The van der Waals surface area contributed by atoms with Crippen molar-refractivity contribution in [2.75, 3.05) is 23.8 Å². The molecule has 2 atom stereocenters. The van der Waals surface area contributed by atoms with Crippen molar-refractivity contribution in [1.29, 1.82) is 0 Å². The zero-order chi connectivity index (χ0) is 20.6. The van der Waals surface area contributed by atoms with Gasteiger partial charge in [0.1, 0.15) is 5.60 Å². The topological polar surface area (TPSA) is 62.4 Å². The standard InChI is InChI=1S/C21H20F3N3O2/c1-13-18-11-29-20(13,12-25-18)10-14-5-7-16(8-6-14)26-19(28)27-17-4-2-3-15(9-17)21(22,23)24/h2-9,18,25H,1,10-12H2,(H2,26,27,28)/t18-,20-/m1/s1. The van der Waals surface area contributed by atoms with Gasteiger partial charge < -0.3 is 20.7 Å². The molecule has 2 heterocycles. The number of hydrogen-bond donors (Lipinski definition) is 3. The molecule has 0 radical (unpaired) electrons. The number of morpholine rings is 1. The number of anilines is 2. The van der Waals surface area contributed by atoms with Crippen molar-refractivity contribution in [1.82, 2.24) is 5.32 Å². The summed E-state index contributed by atoms with van der Waals surface area (Å²) >= 11 is 0. The van der Waals surface area contributed by atoms with Crippen molar-refractivity contribution in [3.8, 4) is 0 Å². The van der Waals surface area contributed by atoms with Crippen molar-refractivity contribution < 1.29 is 22.7 Å². The van der Waals surface area contributed by atoms with Crippen LogP contribution in [-0.4, -0.2) is 30.8 Å². The lowest BCUT2D eigenvalue weighted by molar-refractivity contribution is -0.137. The SMILES string of the molecule is C=C1[C@H]2CO[C@]1(Cc1ccc(NC(=O)Nc3cccc(C(F)(F)F)c3)cc1)CN2. The minimum Gasteiger partial charge on any atom is -0.367 e. The van der Waals surface area contributed by atoms with E-state index in [0.717, 1.165) is 29.8 Å². The Morgan fingerprint density at radius 3 is 2.48 bits per heavy atom. The maximum Gasteiger partial charge on any atom is 0.416 e. The monoisotopic (exact) mass is 403 g/mol. The fourth-order valence-electron chi connectivity index (χ4n) is 3.72. The molecule has 2 bridgehead atoms. The number of carbonyl (C=O) groups is 1. The summed E-state index contributed by atoms with van der Waals surface area (Å²) in [6, 6.07) is 11.3. The molecule has 2 aliphatic heterocycles. The fourth-order valence-corrected chi connectivity index (χ4v) is 3.72. The molecule has 29 heavy (non-hydrogen) atoms. The van der Waals surface area contributed by atoms with Gasteiger partial charge in [0, 0.05) is 24.3 Å². The first kappa shape index (κ1) is 19.5. The molecular formula is C21H20F3N3O2. The molecule has 3 N–H and O–H groups in total. The van der Waals surface area contributed by atoms with Gasteiger partial charge in [-0.2, -0.15) is 13.2 Å². The van der Waals surface area contributed by atoms with Gasteiger partial charge >= 0.3 is 12.2 Å². The van der Waals surface area contributed by atoms with Gasteiger partial charge in [-0.1, -0.05) is 24.8 Å². The van der Waals surface area contributed by atoms with Gasteiger partial charge in [-0.3, -0.25) is 0 Å². The van der Waals surface area contributed by atoms with Crippen molar-refractivity contribution in [3.05, 3.63) is 71.8 Å². The van der Waals surface area contributed by atoms with Gasteiger partial charge in [0.15, 0.2) is 0 Å². The zero-order valence-electron chi connectivity index (χ0n) is 15.5. The molecular weight excluding hydrogens is 383 g/mol. The molecule has 0 saturated carbocycles. The molecule has 5 nitrogen and oxygen atoms in total. The third kappa shape index (κ3) is 3.99. The van der Waals surface area contributed by atoms with Crippen LogP contribution in [0.2, 0.25) is 0 Å². The van der Waals surface area contributed by atoms with Gasteiger partial charge in [0.2, 0.25) is 0 Å². The second-order valence-corrected chi connectivity index (χ2v) is 7.30. The second kappa shape index (κ2) is 7.20. The highest BCUT2D eigenvalue weighted by Gasteiger charge is 2.49. The fraction of sp³-hybridized carbons (Fsp3) is 0.286. The van der Waals surface area contributed by atoms with Crippen molar-refractivity contribution in [2.45, 2.75) is 24.2 Å². The van der Waals surface area contributed by atoms with Crippen LogP contribution in [0.15, 0.2) is 60.7 Å². The minimum atomic E-state index is -4.47. The number of rotatable bonds is 4. The van der Waals surface area contributed by atoms with E-state index in [9.17, 15) is 18.0 Å². The molecule has 8 heteroatoms. The first-order chi connectivity index (χ1) is 13.7. The summed E-state index contributed by atoms with van der Waals surface area (Å²) in [4.78, 5) is 12.1. The van der Waals surface area contributed by atoms with E-state index < -0.39 is 17.8 Å². The molecule has 2 fully saturated rings. The van der Waals surface area contributed by atoms with Crippen LogP contribution in [0.4, 0.5) is 29.3 Å². The molecule has 2 aliphatic rings. The lowest BCUT2D eigenvalue weighted by atomic mass is 9.90. The highest BCUT2D eigenvalue weighted by atomic mass is 19.4. The summed E-state index contributed by atoms with van der Waals surface area (Å²) < 4.78 is 44.2. The first-order valence-corrected chi connectivity index (χ1v) is 9.16. The smallest absolute Gasteiger partial charge is 0.367 e. The van der Waals surface area contributed by atoms with Crippen LogP contribution < -0.4 is 16.0 Å². The number of halogens is 3. The van der Waals surface area contributed by atoms with Crippen molar-refractivity contribution >= 4 is 17.4 Å². The van der Waals surface area contributed by atoms with Crippen molar-refractivity contribution in [2.24, 2.45) is 0 Å². The van der Waals surface area contributed by atoms with Gasteiger partial charge in [-0.25, -0.2) is 4.79 Å². The normalized spacial score (nSPS) is 23.3. The number of alkyl halides is 3. The maximum atomic E-state index is 12.8. The number of amides is 2. The van der Waals surface area contributed by atoms with Crippen molar-refractivity contribution in [3.63, 3.8) is 0 Å². The molecule has 0 unspecified atom stereocenters. The lowest BCUT2D eigenvalue weighted by Crippen LogP contribution is -2.40. The third-order valence-electron chi connectivity index (χ3n) is 5.32. The zero-order valence-corrected chi connectivity index (χ0v) is 15.5. The Hall–Kier alpha value is -2.84. The van der Waals surface area contributed by atoms with E-state index in [4.69, 9.17) is 4.74 Å². The lowest BCUT2D eigenvalue weighted by Gasteiger charge is -2.27. The number of carbonyl (C=O) groups excluding carboxylic acids is 1. The summed E-state index contributed by atoms with van der Waals surface area (Å²) in [6.45, 7) is 5.51. The highest BCUT2D eigenvalue weighted by Crippen LogP contribution is 2.38. The highest BCUT2D eigenvalue weighted by molar-refractivity contribution is 5.99. The maximum absolute atomic E-state index is 12.8. The molecule has 2 aromatic carbocycles. The van der Waals surface area contributed by atoms with Crippen LogP contribution >= 0.6 is 0 Å². The largest absolute Gasteiger partial charge is 0.416 e. The van der Waals surface area contributed by atoms with Crippen LogP contribution in [-0.2, 0) is 17.3 Å². The number of benzene rings is 2. The molecule has 152 valence electrons. The van der Waals surface area contributed by atoms with E-state index >= 15 is 0 Å². The van der Waals surface area contributed by atoms with E-state index in [1.165, 1.54) is 12.1 Å². The summed E-state index contributed by atoms with van der Waals surface area (Å²) in [7, 11) is 0. The Kier molecular flexibility index (Phi) is 4.84. The molecule has 2 aromatic rings. The summed E-state index contributed by atoms with van der Waals surface area (Å²) in [5, 5.41) is 8.41. The molecule has 0 aliphatic carbocycles. The first-order valence-electron chi connectivity index (χ1n) is 9.16. The van der Waals surface area contributed by atoms with Crippen LogP contribution in [0.25, 0.3) is 0 Å². The van der Waals surface area contributed by atoms with Gasteiger partial charge in [-0.05, 0) is 41.5 Å². The predicted molar refractivity (Wildman–Crippen MR) is 104 cm³/mol. The summed E-state index contributed by atoms with van der Waals surface area (Å²) in [6.07, 6.45) is -3.78. The number of urea groups is 1. The van der Waals surface area contributed by atoms with Gasteiger partial charge in [-0.15, -0.1) is 0 Å². The molecule has 0 aromatic heterocycles. The van der Waals surface area contributed by atoms with Crippen LogP contribution in [0, 0.1) is 0 Å². The van der Waals surface area contributed by atoms with E-state index in [0.29, 0.717) is 18.7 Å². The third-order valence-corrected chi connectivity index (χ3v) is 5.32. The number of fused-ring (bicyclic) bond motifs is 2. The quantitative estimate of drug-likeness (QED) is 0.671. The predicted octanol–water partition coefficient (Wildman–Crippen LogP) is 4.19. The van der Waals surface area contributed by atoms with E-state index in [1.54, 1.807) is 12.1 Å². The molecule has 0 spiro atoms. The Bertz CT molecular complexity index is 933. The number of nitrogens with one attached hydrogen (secondary N) is 3. The van der Waals surface area contributed by atoms with Crippen LogP contribution in [0.1, 0.15) is 11.1 Å². The van der Waals surface area contributed by atoms with Crippen LogP contribution in [0.5, 0.6) is 0 Å².